The second-order valence-electron chi connectivity index (χ2n) is 5.27. The second kappa shape index (κ2) is 8.71. The monoisotopic (exact) mass is 447 g/mol. The van der Waals surface area contributed by atoms with Crippen molar-refractivity contribution in [1.82, 2.24) is 10.3 Å². The number of nitrogens with one attached hydrogen (secondary N) is 3. The number of benzene rings is 1. The minimum absolute atomic E-state index is 0.119. The van der Waals surface area contributed by atoms with Crippen LogP contribution in [0, 0.1) is 17.5 Å². The van der Waals surface area contributed by atoms with Crippen LogP contribution in [0.5, 0.6) is 0 Å². The molecule has 0 radical (unpaired) electrons. The molecular formula is C16H13BrF3N3O4. The average Bonchev–Trinajstić information content (AvgIpc) is 3.06. The van der Waals surface area contributed by atoms with E-state index in [1.54, 1.807) is 0 Å². The third kappa shape index (κ3) is 5.33. The van der Waals surface area contributed by atoms with Crippen molar-refractivity contribution >= 4 is 39.4 Å². The summed E-state index contributed by atoms with van der Waals surface area (Å²) in [6.45, 7) is 0.686. The Morgan fingerprint density at radius 1 is 1.22 bits per heavy atom. The Bertz CT molecular complexity index is 888. The molecule has 1 unspecified atom stereocenters. The van der Waals surface area contributed by atoms with Crippen LogP contribution in [-0.4, -0.2) is 35.4 Å². The summed E-state index contributed by atoms with van der Waals surface area (Å²) in [4.78, 5) is 38.0. The summed E-state index contributed by atoms with van der Waals surface area (Å²) in [5, 5.41) is 4.16. The number of carbonyl (C=O) groups is 3. The van der Waals surface area contributed by atoms with Gasteiger partial charge >= 0.3 is 5.97 Å². The Morgan fingerprint density at radius 3 is 2.56 bits per heavy atom. The van der Waals surface area contributed by atoms with Gasteiger partial charge in [-0.05, 0) is 41.1 Å². The zero-order valence-electron chi connectivity index (χ0n) is 13.7. The summed E-state index contributed by atoms with van der Waals surface area (Å²) >= 11 is 3.14. The standard InChI is InChI=1S/C16H13BrF3N3O4/c1-7(27-16(26)11-4-8(17)5-21-11)15(25)22-6-12(24)23-10-3-2-9(18)13(19)14(10)20/h2-5,7,21H,6H2,1H3,(H,22,25)(H,23,24). The first kappa shape index (κ1) is 20.5. The zero-order chi connectivity index (χ0) is 20.1. The Balaban J connectivity index is 1.84. The van der Waals surface area contributed by atoms with E-state index in [2.05, 4.69) is 26.2 Å². The smallest absolute Gasteiger partial charge is 0.355 e. The molecule has 2 aromatic rings. The maximum absolute atomic E-state index is 13.5. The fourth-order valence-electron chi connectivity index (χ4n) is 1.89. The number of aromatic amines is 1. The molecule has 1 heterocycles. The molecule has 11 heteroatoms. The first-order valence-electron chi connectivity index (χ1n) is 7.45. The molecule has 0 aliphatic heterocycles. The van der Waals surface area contributed by atoms with E-state index >= 15 is 0 Å². The van der Waals surface area contributed by atoms with Crippen molar-refractivity contribution in [3.05, 3.63) is 52.0 Å². The average molecular weight is 448 g/mol. The highest BCUT2D eigenvalue weighted by atomic mass is 79.9. The SMILES string of the molecule is CC(OC(=O)c1cc(Br)c[nH]1)C(=O)NCC(=O)Nc1ccc(F)c(F)c1F. The molecule has 144 valence electrons. The summed E-state index contributed by atoms with van der Waals surface area (Å²) in [5.41, 5.74) is -0.460. The lowest BCUT2D eigenvalue weighted by atomic mass is 10.2. The summed E-state index contributed by atoms with van der Waals surface area (Å²) in [6.07, 6.45) is 0.288. The number of hydrogen-bond acceptors (Lipinski definition) is 4. The van der Waals surface area contributed by atoms with Crippen molar-refractivity contribution in [1.29, 1.82) is 0 Å². The predicted molar refractivity (Wildman–Crippen MR) is 91.3 cm³/mol. The van der Waals surface area contributed by atoms with Gasteiger partial charge in [0, 0.05) is 10.7 Å². The van der Waals surface area contributed by atoms with E-state index in [1.807, 2.05) is 5.32 Å². The quantitative estimate of drug-likeness (QED) is 0.467. The number of ether oxygens (including phenoxy) is 1. The van der Waals surface area contributed by atoms with Crippen LogP contribution in [0.25, 0.3) is 0 Å². The number of esters is 1. The highest BCUT2D eigenvalue weighted by Gasteiger charge is 2.21. The first-order chi connectivity index (χ1) is 12.7. The Kier molecular flexibility index (Phi) is 6.61. The van der Waals surface area contributed by atoms with Crippen LogP contribution in [0.15, 0.2) is 28.9 Å². The van der Waals surface area contributed by atoms with Gasteiger partial charge in [-0.2, -0.15) is 0 Å². The molecule has 1 atom stereocenters. The van der Waals surface area contributed by atoms with Crippen molar-refractivity contribution < 1.29 is 32.3 Å². The van der Waals surface area contributed by atoms with Crippen LogP contribution in [-0.2, 0) is 14.3 Å². The predicted octanol–water partition coefficient (Wildman–Crippen LogP) is 2.49. The number of hydrogen-bond donors (Lipinski definition) is 3. The van der Waals surface area contributed by atoms with Crippen molar-refractivity contribution in [3.63, 3.8) is 0 Å². The molecule has 0 aliphatic carbocycles. The van der Waals surface area contributed by atoms with Gasteiger partial charge in [-0.3, -0.25) is 9.59 Å². The molecular weight excluding hydrogens is 435 g/mol. The summed E-state index contributed by atoms with van der Waals surface area (Å²) in [7, 11) is 0. The molecule has 3 N–H and O–H groups in total. The molecule has 0 bridgehead atoms. The lowest BCUT2D eigenvalue weighted by Gasteiger charge is -2.13. The van der Waals surface area contributed by atoms with Gasteiger partial charge in [0.05, 0.1) is 12.2 Å². The van der Waals surface area contributed by atoms with E-state index in [0.717, 1.165) is 6.07 Å². The van der Waals surface area contributed by atoms with Gasteiger partial charge in [0.25, 0.3) is 5.91 Å². The number of carbonyl (C=O) groups excluding carboxylic acids is 3. The molecule has 2 rings (SSSR count). The van der Waals surface area contributed by atoms with E-state index < -0.39 is 53.6 Å². The highest BCUT2D eigenvalue weighted by molar-refractivity contribution is 9.10. The minimum atomic E-state index is -1.73. The molecule has 1 aromatic heterocycles. The van der Waals surface area contributed by atoms with Gasteiger partial charge in [0.1, 0.15) is 5.69 Å². The Hall–Kier alpha value is -2.82. The lowest BCUT2D eigenvalue weighted by Crippen LogP contribution is -2.40. The number of H-pyrrole nitrogens is 1. The normalized spacial score (nSPS) is 11.6. The van der Waals surface area contributed by atoms with Gasteiger partial charge in [-0.15, -0.1) is 0 Å². The fourth-order valence-corrected chi connectivity index (χ4v) is 2.23. The number of aromatic nitrogens is 1. The van der Waals surface area contributed by atoms with Gasteiger partial charge in [-0.25, -0.2) is 18.0 Å². The molecule has 0 spiro atoms. The van der Waals surface area contributed by atoms with E-state index in [9.17, 15) is 27.6 Å². The number of anilines is 1. The van der Waals surface area contributed by atoms with Crippen molar-refractivity contribution in [3.8, 4) is 0 Å². The van der Waals surface area contributed by atoms with E-state index in [4.69, 9.17) is 4.74 Å². The molecule has 27 heavy (non-hydrogen) atoms. The van der Waals surface area contributed by atoms with Crippen LogP contribution in [0.3, 0.4) is 0 Å². The third-order valence-corrected chi connectivity index (χ3v) is 3.71. The Morgan fingerprint density at radius 2 is 1.93 bits per heavy atom. The number of rotatable bonds is 6. The largest absolute Gasteiger partial charge is 0.448 e. The molecule has 0 fully saturated rings. The molecule has 0 saturated heterocycles. The molecule has 0 aliphatic rings. The third-order valence-electron chi connectivity index (χ3n) is 3.25. The van der Waals surface area contributed by atoms with Gasteiger partial charge in [0.15, 0.2) is 23.6 Å². The molecule has 2 amide bonds. The van der Waals surface area contributed by atoms with Crippen molar-refractivity contribution in [2.75, 3.05) is 11.9 Å². The lowest BCUT2D eigenvalue weighted by molar-refractivity contribution is -0.130. The van der Waals surface area contributed by atoms with Crippen LogP contribution in [0.4, 0.5) is 18.9 Å². The topological polar surface area (TPSA) is 100 Å². The van der Waals surface area contributed by atoms with Gasteiger partial charge < -0.3 is 20.4 Å². The van der Waals surface area contributed by atoms with Crippen LogP contribution in [0.2, 0.25) is 0 Å². The molecule has 7 nitrogen and oxygen atoms in total. The van der Waals surface area contributed by atoms with Crippen molar-refractivity contribution in [2.45, 2.75) is 13.0 Å². The maximum Gasteiger partial charge on any atom is 0.355 e. The van der Waals surface area contributed by atoms with Crippen LogP contribution >= 0.6 is 15.9 Å². The number of amides is 2. The summed E-state index contributed by atoms with van der Waals surface area (Å²) in [6, 6.07) is 2.94. The second-order valence-corrected chi connectivity index (χ2v) is 6.18. The van der Waals surface area contributed by atoms with Crippen LogP contribution in [0.1, 0.15) is 17.4 Å². The van der Waals surface area contributed by atoms with Gasteiger partial charge in [0.2, 0.25) is 5.91 Å². The molecule has 1 aromatic carbocycles. The summed E-state index contributed by atoms with van der Waals surface area (Å²) < 4.78 is 45.0. The van der Waals surface area contributed by atoms with Gasteiger partial charge in [-0.1, -0.05) is 0 Å². The van der Waals surface area contributed by atoms with E-state index in [-0.39, 0.29) is 5.69 Å². The zero-order valence-corrected chi connectivity index (χ0v) is 15.3. The molecule has 0 saturated carbocycles. The minimum Gasteiger partial charge on any atom is -0.448 e. The van der Waals surface area contributed by atoms with E-state index in [0.29, 0.717) is 10.5 Å². The summed E-state index contributed by atoms with van der Waals surface area (Å²) in [5.74, 6) is -7.14. The first-order valence-corrected chi connectivity index (χ1v) is 8.24. The fraction of sp³-hybridized carbons (Fsp3) is 0.188. The maximum atomic E-state index is 13.5. The Labute approximate surface area is 159 Å². The van der Waals surface area contributed by atoms with Crippen molar-refractivity contribution in [2.24, 2.45) is 0 Å². The van der Waals surface area contributed by atoms with Crippen LogP contribution < -0.4 is 10.6 Å². The van der Waals surface area contributed by atoms with E-state index in [1.165, 1.54) is 19.2 Å². The highest BCUT2D eigenvalue weighted by Crippen LogP contribution is 2.19. The number of halogens is 4.